The average molecular weight is 296 g/mol. The number of rotatable bonds is 2. The van der Waals surface area contributed by atoms with E-state index in [1.165, 1.54) is 10.4 Å². The van der Waals surface area contributed by atoms with Gasteiger partial charge in [0, 0.05) is 23.4 Å². The number of hydrogen-bond acceptors (Lipinski definition) is 5. The summed E-state index contributed by atoms with van der Waals surface area (Å²) >= 11 is 1.86. The highest BCUT2D eigenvalue weighted by Gasteiger charge is 2.18. The van der Waals surface area contributed by atoms with E-state index in [1.807, 2.05) is 35.6 Å². The van der Waals surface area contributed by atoms with Crippen LogP contribution in [0, 0.1) is 0 Å². The second-order valence-corrected chi connectivity index (χ2v) is 6.37. The van der Waals surface area contributed by atoms with Crippen LogP contribution in [0.3, 0.4) is 0 Å². The van der Waals surface area contributed by atoms with Gasteiger partial charge in [0.15, 0.2) is 0 Å². The molecule has 1 aromatic carbocycles. The molecule has 0 radical (unpaired) electrons. The Labute approximate surface area is 127 Å². The monoisotopic (exact) mass is 296 g/mol. The minimum atomic E-state index is 0.573. The minimum absolute atomic E-state index is 0.573. The molecule has 2 aromatic heterocycles. The molecule has 4 nitrogen and oxygen atoms in total. The Hall–Kier alpha value is -1.98. The van der Waals surface area contributed by atoms with E-state index in [2.05, 4.69) is 26.3 Å². The first-order valence-electron chi connectivity index (χ1n) is 7.08. The molecule has 0 bridgehead atoms. The van der Waals surface area contributed by atoms with E-state index in [0.717, 1.165) is 42.8 Å². The van der Waals surface area contributed by atoms with Crippen molar-refractivity contribution >= 4 is 28.1 Å². The van der Waals surface area contributed by atoms with Gasteiger partial charge in [-0.15, -0.1) is 11.3 Å². The number of thiophene rings is 1. The predicted molar refractivity (Wildman–Crippen MR) is 86.1 cm³/mol. The van der Waals surface area contributed by atoms with Gasteiger partial charge in [0.05, 0.1) is 12.1 Å². The van der Waals surface area contributed by atoms with Gasteiger partial charge in [-0.2, -0.15) is 0 Å². The summed E-state index contributed by atoms with van der Waals surface area (Å²) < 4.78 is 0. The number of nitrogens with two attached hydrogens (primary N) is 1. The lowest BCUT2D eigenvalue weighted by Crippen LogP contribution is -2.30. The molecule has 1 aliphatic heterocycles. The van der Waals surface area contributed by atoms with Crippen molar-refractivity contribution in [3.8, 4) is 0 Å². The molecule has 0 aliphatic carbocycles. The number of aromatic nitrogens is 2. The summed E-state index contributed by atoms with van der Waals surface area (Å²) in [5.41, 5.74) is 8.42. The lowest BCUT2D eigenvalue weighted by Gasteiger charge is -2.26. The van der Waals surface area contributed by atoms with Crippen LogP contribution in [0.15, 0.2) is 35.7 Å². The van der Waals surface area contributed by atoms with Crippen LogP contribution in [0.25, 0.3) is 10.9 Å². The van der Waals surface area contributed by atoms with Crippen molar-refractivity contribution < 1.29 is 0 Å². The van der Waals surface area contributed by atoms with Gasteiger partial charge >= 0.3 is 0 Å². The Morgan fingerprint density at radius 2 is 2.10 bits per heavy atom. The molecule has 0 amide bonds. The Morgan fingerprint density at radius 3 is 3.05 bits per heavy atom. The number of benzene rings is 1. The second kappa shape index (κ2) is 5.09. The first kappa shape index (κ1) is 12.7. The van der Waals surface area contributed by atoms with Crippen LogP contribution in [0.4, 0.5) is 5.82 Å². The van der Waals surface area contributed by atoms with Crippen molar-refractivity contribution in [1.29, 1.82) is 0 Å². The van der Waals surface area contributed by atoms with Crippen molar-refractivity contribution in [3.63, 3.8) is 0 Å². The minimum Gasteiger partial charge on any atom is -0.383 e. The van der Waals surface area contributed by atoms with E-state index in [1.54, 1.807) is 0 Å². The maximum atomic E-state index is 6.05. The Bertz CT molecular complexity index is 796. The average Bonchev–Trinajstić information content (AvgIpc) is 2.95. The fourth-order valence-corrected chi connectivity index (χ4v) is 3.75. The molecule has 4 rings (SSSR count). The van der Waals surface area contributed by atoms with Crippen LogP contribution in [-0.4, -0.2) is 21.4 Å². The third-order valence-corrected chi connectivity index (χ3v) is 4.95. The fraction of sp³-hybridized carbons (Fsp3) is 0.250. The normalized spacial score (nSPS) is 15.2. The number of para-hydroxylation sites is 1. The molecule has 0 saturated heterocycles. The Kier molecular flexibility index (Phi) is 3.09. The molecule has 0 saturated carbocycles. The van der Waals surface area contributed by atoms with Gasteiger partial charge in [0.1, 0.15) is 11.6 Å². The molecule has 106 valence electrons. The van der Waals surface area contributed by atoms with Gasteiger partial charge in [0.25, 0.3) is 0 Å². The number of fused-ring (bicyclic) bond motifs is 2. The lowest BCUT2D eigenvalue weighted by molar-refractivity contribution is 0.242. The number of anilines is 1. The van der Waals surface area contributed by atoms with Gasteiger partial charge in [-0.1, -0.05) is 12.1 Å². The van der Waals surface area contributed by atoms with Crippen LogP contribution in [-0.2, 0) is 19.5 Å². The highest BCUT2D eigenvalue weighted by atomic mass is 32.1. The Balaban J connectivity index is 1.60. The van der Waals surface area contributed by atoms with Crippen LogP contribution in [0.2, 0.25) is 0 Å². The number of hydrogen-bond donors (Lipinski definition) is 1. The molecule has 5 heteroatoms. The largest absolute Gasteiger partial charge is 0.383 e. The molecule has 3 heterocycles. The van der Waals surface area contributed by atoms with Gasteiger partial charge in [-0.25, -0.2) is 9.97 Å². The lowest BCUT2D eigenvalue weighted by atomic mass is 10.1. The summed E-state index contributed by atoms with van der Waals surface area (Å²) in [7, 11) is 0. The molecular formula is C16H16N4S. The van der Waals surface area contributed by atoms with Crippen molar-refractivity contribution in [3.05, 3.63) is 52.0 Å². The van der Waals surface area contributed by atoms with Crippen LogP contribution in [0.1, 0.15) is 16.3 Å². The zero-order valence-electron chi connectivity index (χ0n) is 11.6. The highest BCUT2D eigenvalue weighted by Crippen LogP contribution is 2.25. The van der Waals surface area contributed by atoms with Gasteiger partial charge in [-0.3, -0.25) is 4.90 Å². The summed E-state index contributed by atoms with van der Waals surface area (Å²) in [6, 6.07) is 10.1. The van der Waals surface area contributed by atoms with E-state index in [4.69, 9.17) is 5.73 Å². The van der Waals surface area contributed by atoms with E-state index >= 15 is 0 Å². The van der Waals surface area contributed by atoms with Gasteiger partial charge < -0.3 is 5.73 Å². The molecule has 2 N–H and O–H groups in total. The van der Waals surface area contributed by atoms with Crippen LogP contribution in [0.5, 0.6) is 0 Å². The van der Waals surface area contributed by atoms with E-state index in [9.17, 15) is 0 Å². The summed E-state index contributed by atoms with van der Waals surface area (Å²) in [4.78, 5) is 13.0. The summed E-state index contributed by atoms with van der Waals surface area (Å²) in [6.45, 7) is 2.79. The zero-order chi connectivity index (χ0) is 14.2. The quantitative estimate of drug-likeness (QED) is 0.790. The third-order valence-electron chi connectivity index (χ3n) is 3.93. The van der Waals surface area contributed by atoms with E-state index in [-0.39, 0.29) is 0 Å². The van der Waals surface area contributed by atoms with E-state index < -0.39 is 0 Å². The van der Waals surface area contributed by atoms with Crippen LogP contribution < -0.4 is 5.73 Å². The summed E-state index contributed by atoms with van der Waals surface area (Å²) in [5.74, 6) is 1.38. The van der Waals surface area contributed by atoms with Gasteiger partial charge in [0.2, 0.25) is 0 Å². The van der Waals surface area contributed by atoms with Crippen molar-refractivity contribution in [1.82, 2.24) is 14.9 Å². The first-order valence-corrected chi connectivity index (χ1v) is 7.96. The van der Waals surface area contributed by atoms with Crippen LogP contribution >= 0.6 is 11.3 Å². The maximum absolute atomic E-state index is 6.05. The van der Waals surface area contributed by atoms with Crippen molar-refractivity contribution in [2.45, 2.75) is 19.5 Å². The van der Waals surface area contributed by atoms with Crippen molar-refractivity contribution in [2.24, 2.45) is 0 Å². The summed E-state index contributed by atoms with van der Waals surface area (Å²) in [5, 5.41) is 3.11. The molecule has 0 fully saturated rings. The first-order chi connectivity index (χ1) is 10.3. The topological polar surface area (TPSA) is 55.0 Å². The molecule has 21 heavy (non-hydrogen) atoms. The smallest absolute Gasteiger partial charge is 0.145 e. The molecule has 1 aliphatic rings. The Morgan fingerprint density at radius 1 is 1.19 bits per heavy atom. The zero-order valence-corrected chi connectivity index (χ0v) is 12.4. The number of nitrogens with zero attached hydrogens (tertiary/aromatic N) is 3. The maximum Gasteiger partial charge on any atom is 0.145 e. The number of nitrogen functional groups attached to an aromatic ring is 1. The SMILES string of the molecule is Nc1nc(CN2CCc3sccc3C2)nc2ccccc12. The fourth-order valence-electron chi connectivity index (χ4n) is 2.86. The molecule has 3 aromatic rings. The predicted octanol–water partition coefficient (Wildman–Crippen LogP) is 2.83. The third kappa shape index (κ3) is 2.39. The van der Waals surface area contributed by atoms with E-state index in [0.29, 0.717) is 5.82 Å². The molecular weight excluding hydrogens is 280 g/mol. The standard InChI is InChI=1S/C16H16N4S/c17-16-12-3-1-2-4-13(12)18-15(19-16)10-20-7-5-14-11(9-20)6-8-21-14/h1-4,6,8H,5,7,9-10H2,(H2,17,18,19). The second-order valence-electron chi connectivity index (χ2n) is 5.37. The summed E-state index contributed by atoms with van der Waals surface area (Å²) in [6.07, 6.45) is 1.12. The highest BCUT2D eigenvalue weighted by molar-refractivity contribution is 7.10. The molecule has 0 spiro atoms. The molecule has 0 unspecified atom stereocenters. The molecule has 0 atom stereocenters. The van der Waals surface area contributed by atoms with Gasteiger partial charge in [-0.05, 0) is 35.6 Å². The van der Waals surface area contributed by atoms with Crippen molar-refractivity contribution in [2.75, 3.05) is 12.3 Å².